The molecule has 0 radical (unpaired) electrons. The number of anilines is 1. The predicted octanol–water partition coefficient (Wildman–Crippen LogP) is 2.62. The van der Waals surface area contributed by atoms with Crippen LogP contribution in [-0.2, 0) is 6.54 Å². The third kappa shape index (κ3) is 4.07. The van der Waals surface area contributed by atoms with E-state index in [0.29, 0.717) is 11.0 Å². The number of amides is 2. The van der Waals surface area contributed by atoms with Crippen LogP contribution >= 0.6 is 15.9 Å². The second kappa shape index (κ2) is 7.39. The number of carbonyl (C=O) groups is 2. The maximum absolute atomic E-state index is 12.5. The summed E-state index contributed by atoms with van der Waals surface area (Å²) in [5, 5.41) is 6.37. The molecule has 0 fully saturated rings. The number of alkyl halides is 2. The lowest BCUT2D eigenvalue weighted by atomic mass is 10.2. The molecule has 128 valence electrons. The van der Waals surface area contributed by atoms with Crippen molar-refractivity contribution in [3.8, 4) is 5.75 Å². The smallest absolute Gasteiger partial charge is 0.387 e. The molecule has 2 amide bonds. The first-order valence-corrected chi connectivity index (χ1v) is 7.54. The Bertz CT molecular complexity index is 779. The van der Waals surface area contributed by atoms with E-state index in [1.165, 1.54) is 29.1 Å². The van der Waals surface area contributed by atoms with Gasteiger partial charge in [0.2, 0.25) is 0 Å². The Morgan fingerprint density at radius 2 is 2.17 bits per heavy atom. The van der Waals surface area contributed by atoms with Crippen LogP contribution in [0, 0.1) is 0 Å². The summed E-state index contributed by atoms with van der Waals surface area (Å²) in [6.45, 7) is -0.847. The van der Waals surface area contributed by atoms with E-state index in [4.69, 9.17) is 5.73 Å². The molecule has 0 aliphatic carbocycles. The van der Waals surface area contributed by atoms with Crippen molar-refractivity contribution in [2.75, 3.05) is 5.32 Å². The monoisotopic (exact) mass is 402 g/mol. The minimum atomic E-state index is -3.08. The lowest BCUT2D eigenvalue weighted by Crippen LogP contribution is -2.19. The van der Waals surface area contributed by atoms with Crippen LogP contribution in [0.4, 0.5) is 14.5 Å². The van der Waals surface area contributed by atoms with Crippen LogP contribution in [0.3, 0.4) is 0 Å². The van der Waals surface area contributed by atoms with Gasteiger partial charge in [-0.05, 0) is 25.1 Å². The number of hydrogen-bond donors (Lipinski definition) is 2. The zero-order valence-electron chi connectivity index (χ0n) is 12.4. The Kier molecular flexibility index (Phi) is 5.50. The highest BCUT2D eigenvalue weighted by Crippen LogP contribution is 2.26. The van der Waals surface area contributed by atoms with Gasteiger partial charge >= 0.3 is 6.61 Å². The van der Waals surface area contributed by atoms with E-state index in [9.17, 15) is 18.4 Å². The van der Waals surface area contributed by atoms with Crippen molar-refractivity contribution in [1.29, 1.82) is 0 Å². The third-order valence-corrected chi connectivity index (χ3v) is 3.46. The number of aromatic nitrogens is 2. The molecule has 0 bridgehead atoms. The van der Waals surface area contributed by atoms with E-state index in [0.717, 1.165) is 0 Å². The molecule has 2 rings (SSSR count). The summed E-state index contributed by atoms with van der Waals surface area (Å²) in [5.41, 5.74) is 5.04. The standard InChI is InChI=1S/C14H13BrF2N4O3/c1-2-21-6-9(11(20-21)12(18)22)19-13(23)8-5-7(15)3-4-10(8)24-14(16)17/h3-6,14H,2H2,1H3,(H2,18,22)(H,19,23). The highest BCUT2D eigenvalue weighted by atomic mass is 79.9. The molecule has 7 nitrogen and oxygen atoms in total. The van der Waals surface area contributed by atoms with Crippen molar-refractivity contribution in [1.82, 2.24) is 9.78 Å². The van der Waals surface area contributed by atoms with E-state index in [1.54, 1.807) is 6.92 Å². The molecular weight excluding hydrogens is 390 g/mol. The predicted molar refractivity (Wildman–Crippen MR) is 85.1 cm³/mol. The number of halogens is 3. The molecule has 0 saturated heterocycles. The van der Waals surface area contributed by atoms with E-state index in [1.807, 2.05) is 0 Å². The second-order valence-corrected chi connectivity index (χ2v) is 5.50. The summed E-state index contributed by atoms with van der Waals surface area (Å²) >= 11 is 3.16. The summed E-state index contributed by atoms with van der Waals surface area (Å²) in [5.74, 6) is -1.87. The van der Waals surface area contributed by atoms with Gasteiger partial charge < -0.3 is 15.8 Å². The third-order valence-electron chi connectivity index (χ3n) is 2.97. The normalized spacial score (nSPS) is 10.7. The Morgan fingerprint density at radius 1 is 1.46 bits per heavy atom. The molecule has 3 N–H and O–H groups in total. The van der Waals surface area contributed by atoms with Gasteiger partial charge in [-0.25, -0.2) is 0 Å². The first-order chi connectivity index (χ1) is 11.3. The summed E-state index contributed by atoms with van der Waals surface area (Å²) < 4.78 is 31.2. The number of ether oxygens (including phenoxy) is 1. The number of carbonyl (C=O) groups excluding carboxylic acids is 2. The Labute approximate surface area is 143 Å². The van der Waals surface area contributed by atoms with Crippen LogP contribution in [-0.4, -0.2) is 28.2 Å². The topological polar surface area (TPSA) is 99.2 Å². The molecule has 0 aliphatic rings. The van der Waals surface area contributed by atoms with Gasteiger partial charge in [-0.1, -0.05) is 15.9 Å². The van der Waals surface area contributed by atoms with Gasteiger partial charge in [0.15, 0.2) is 5.69 Å². The molecule has 2 aromatic rings. The maximum Gasteiger partial charge on any atom is 0.387 e. The van der Waals surface area contributed by atoms with Crippen LogP contribution in [0.25, 0.3) is 0 Å². The van der Waals surface area contributed by atoms with Crippen LogP contribution < -0.4 is 15.8 Å². The van der Waals surface area contributed by atoms with Crippen molar-refractivity contribution in [2.45, 2.75) is 20.1 Å². The molecule has 1 aromatic heterocycles. The Morgan fingerprint density at radius 3 is 2.75 bits per heavy atom. The van der Waals surface area contributed by atoms with Crippen molar-refractivity contribution in [3.63, 3.8) is 0 Å². The van der Waals surface area contributed by atoms with Gasteiger partial charge in [-0.2, -0.15) is 13.9 Å². The molecule has 0 spiro atoms. The number of nitrogens with one attached hydrogen (secondary N) is 1. The van der Waals surface area contributed by atoms with Gasteiger partial charge in [0, 0.05) is 17.2 Å². The quantitative estimate of drug-likeness (QED) is 0.775. The average molecular weight is 403 g/mol. The zero-order chi connectivity index (χ0) is 17.9. The number of benzene rings is 1. The largest absolute Gasteiger partial charge is 0.434 e. The first kappa shape index (κ1) is 17.9. The number of nitrogens with two attached hydrogens (primary N) is 1. The van der Waals surface area contributed by atoms with Gasteiger partial charge in [-0.15, -0.1) is 0 Å². The van der Waals surface area contributed by atoms with Gasteiger partial charge in [0.25, 0.3) is 11.8 Å². The molecule has 24 heavy (non-hydrogen) atoms. The van der Waals surface area contributed by atoms with Gasteiger partial charge in [0.1, 0.15) is 5.75 Å². The van der Waals surface area contributed by atoms with Crippen LogP contribution in [0.15, 0.2) is 28.9 Å². The lowest BCUT2D eigenvalue weighted by Gasteiger charge is -2.11. The highest BCUT2D eigenvalue weighted by Gasteiger charge is 2.20. The van der Waals surface area contributed by atoms with E-state index >= 15 is 0 Å². The number of aryl methyl sites for hydroxylation is 1. The molecule has 0 atom stereocenters. The van der Waals surface area contributed by atoms with Crippen molar-refractivity contribution >= 4 is 33.4 Å². The number of primary amides is 1. The minimum Gasteiger partial charge on any atom is -0.434 e. The van der Waals surface area contributed by atoms with Gasteiger partial charge in [0.05, 0.1) is 11.3 Å². The van der Waals surface area contributed by atoms with E-state index in [-0.39, 0.29) is 22.7 Å². The Balaban J connectivity index is 2.35. The maximum atomic E-state index is 12.5. The molecular formula is C14H13BrF2N4O3. The summed E-state index contributed by atoms with van der Waals surface area (Å²) in [4.78, 5) is 23.8. The summed E-state index contributed by atoms with van der Waals surface area (Å²) in [6.07, 6.45) is 1.42. The lowest BCUT2D eigenvalue weighted by molar-refractivity contribution is -0.0501. The summed E-state index contributed by atoms with van der Waals surface area (Å²) in [6, 6.07) is 4.01. The molecule has 0 unspecified atom stereocenters. The first-order valence-electron chi connectivity index (χ1n) is 6.74. The molecule has 1 heterocycles. The van der Waals surface area contributed by atoms with Gasteiger partial charge in [-0.3, -0.25) is 14.3 Å². The fraction of sp³-hybridized carbons (Fsp3) is 0.214. The zero-order valence-corrected chi connectivity index (χ0v) is 14.0. The fourth-order valence-electron chi connectivity index (χ4n) is 1.92. The molecule has 10 heteroatoms. The van der Waals surface area contributed by atoms with Crippen molar-refractivity contribution < 1.29 is 23.1 Å². The average Bonchev–Trinajstić information content (AvgIpc) is 2.91. The Hall–Kier alpha value is -2.49. The summed E-state index contributed by atoms with van der Waals surface area (Å²) in [7, 11) is 0. The molecule has 0 aliphatic heterocycles. The SMILES string of the molecule is CCn1cc(NC(=O)c2cc(Br)ccc2OC(F)F)c(C(N)=O)n1. The fourth-order valence-corrected chi connectivity index (χ4v) is 2.29. The van der Waals surface area contributed by atoms with Crippen molar-refractivity contribution in [3.05, 3.63) is 40.1 Å². The van der Waals surface area contributed by atoms with Crippen LogP contribution in [0.5, 0.6) is 5.75 Å². The van der Waals surface area contributed by atoms with Crippen molar-refractivity contribution in [2.24, 2.45) is 5.73 Å². The van der Waals surface area contributed by atoms with Crippen LogP contribution in [0.2, 0.25) is 0 Å². The molecule has 1 aromatic carbocycles. The number of nitrogens with zero attached hydrogens (tertiary/aromatic N) is 2. The number of rotatable bonds is 6. The van der Waals surface area contributed by atoms with E-state index < -0.39 is 18.4 Å². The minimum absolute atomic E-state index is 0.0809. The van der Waals surface area contributed by atoms with Crippen LogP contribution in [0.1, 0.15) is 27.8 Å². The molecule has 0 saturated carbocycles. The van der Waals surface area contributed by atoms with E-state index in [2.05, 4.69) is 31.1 Å². The second-order valence-electron chi connectivity index (χ2n) is 4.58. The number of hydrogen-bond acceptors (Lipinski definition) is 4. The highest BCUT2D eigenvalue weighted by molar-refractivity contribution is 9.10.